The Hall–Kier alpha value is -0.550. The van der Waals surface area contributed by atoms with Crippen molar-refractivity contribution in [2.45, 2.75) is 120 Å². The maximum Gasteiger partial charge on any atom is 0.264 e. The Morgan fingerprint density at radius 3 is 2.46 bits per heavy atom. The number of hydrogen-bond acceptors (Lipinski definition) is 8. The van der Waals surface area contributed by atoms with Gasteiger partial charge in [0.1, 0.15) is 5.60 Å². The van der Waals surface area contributed by atoms with Crippen LogP contribution in [0, 0.1) is 17.8 Å². The van der Waals surface area contributed by atoms with Gasteiger partial charge in [-0.3, -0.25) is 4.18 Å². The summed E-state index contributed by atoms with van der Waals surface area (Å²) in [6.45, 7) is 3.87. The van der Waals surface area contributed by atoms with Gasteiger partial charge in [-0.05, 0) is 69.6 Å². The van der Waals surface area contributed by atoms with E-state index in [9.17, 15) is 8.42 Å². The lowest BCUT2D eigenvalue weighted by Gasteiger charge is -2.30. The first-order chi connectivity index (χ1) is 17.9. The molecule has 0 amide bonds. The molecule has 2 aliphatic carbocycles. The van der Waals surface area contributed by atoms with Crippen molar-refractivity contribution in [3.8, 4) is 0 Å². The second kappa shape index (κ2) is 12.3. The van der Waals surface area contributed by atoms with Crippen LogP contribution in [0.3, 0.4) is 0 Å². The van der Waals surface area contributed by atoms with Crippen molar-refractivity contribution in [3.63, 3.8) is 0 Å². The average Bonchev–Trinajstić information content (AvgIpc) is 3.37. The van der Waals surface area contributed by atoms with Gasteiger partial charge in [-0.2, -0.15) is 8.42 Å². The van der Waals surface area contributed by atoms with Crippen molar-refractivity contribution < 1.29 is 36.3 Å². The average molecular weight is 543 g/mol. The molecule has 0 spiro atoms. The molecule has 9 atom stereocenters. The molecule has 0 radical (unpaired) electrons. The SMILES string of the molecule is CCCCC[C@@H](/C=C/[C@H]1[C@H]2CC3(COS(C)(=O)=O)OC3[C@H]2C[C@H]1OC1CCCCO1)OC1CCCCO1. The maximum atomic E-state index is 11.6. The molecule has 9 heteroatoms. The summed E-state index contributed by atoms with van der Waals surface area (Å²) >= 11 is 0. The lowest BCUT2D eigenvalue weighted by molar-refractivity contribution is -0.193. The van der Waals surface area contributed by atoms with Gasteiger partial charge in [0, 0.05) is 19.1 Å². The fourth-order valence-electron chi connectivity index (χ4n) is 6.94. The Kier molecular flexibility index (Phi) is 9.32. The third-order valence-corrected chi connectivity index (χ3v) is 9.40. The second-order valence-corrected chi connectivity index (χ2v) is 13.4. The minimum Gasteiger partial charge on any atom is -0.363 e. The Labute approximate surface area is 222 Å². The molecule has 3 aliphatic heterocycles. The fourth-order valence-corrected chi connectivity index (χ4v) is 7.35. The molecule has 0 aromatic heterocycles. The summed E-state index contributed by atoms with van der Waals surface area (Å²) in [5.74, 6) is 0.924. The van der Waals surface area contributed by atoms with Crippen molar-refractivity contribution >= 4 is 10.1 Å². The van der Waals surface area contributed by atoms with E-state index in [-0.39, 0.29) is 43.4 Å². The highest BCUT2D eigenvalue weighted by Crippen LogP contribution is 2.63. The van der Waals surface area contributed by atoms with E-state index < -0.39 is 15.7 Å². The fraction of sp³-hybridized carbons (Fsp3) is 0.929. The van der Waals surface area contributed by atoms with Gasteiger partial charge in [0.2, 0.25) is 0 Å². The van der Waals surface area contributed by atoms with Crippen LogP contribution >= 0.6 is 0 Å². The Balaban J connectivity index is 1.28. The minimum absolute atomic E-state index is 0.0231. The highest BCUT2D eigenvalue weighted by Gasteiger charge is 2.71. The Morgan fingerprint density at radius 2 is 1.78 bits per heavy atom. The third kappa shape index (κ3) is 7.16. The van der Waals surface area contributed by atoms with Gasteiger partial charge >= 0.3 is 0 Å². The molecular weight excluding hydrogens is 496 g/mol. The Morgan fingerprint density at radius 1 is 1.03 bits per heavy atom. The number of rotatable bonds is 13. The van der Waals surface area contributed by atoms with Crippen LogP contribution in [-0.4, -0.2) is 71.0 Å². The summed E-state index contributed by atoms with van der Waals surface area (Å²) in [4.78, 5) is 0. The van der Waals surface area contributed by atoms with Crippen LogP contribution in [0.15, 0.2) is 12.2 Å². The zero-order chi connectivity index (χ0) is 25.9. The van der Waals surface area contributed by atoms with Crippen LogP contribution in [0.25, 0.3) is 0 Å². The predicted octanol–water partition coefficient (Wildman–Crippen LogP) is 4.72. The molecule has 2 saturated carbocycles. The van der Waals surface area contributed by atoms with E-state index >= 15 is 0 Å². The lowest BCUT2D eigenvalue weighted by Crippen LogP contribution is -2.32. The molecule has 4 unspecified atom stereocenters. The van der Waals surface area contributed by atoms with Crippen molar-refractivity contribution in [2.75, 3.05) is 26.1 Å². The van der Waals surface area contributed by atoms with E-state index in [4.69, 9.17) is 27.9 Å². The minimum atomic E-state index is -3.50. The first-order valence-corrected chi connectivity index (χ1v) is 16.4. The van der Waals surface area contributed by atoms with Crippen LogP contribution in [0.5, 0.6) is 0 Å². The van der Waals surface area contributed by atoms with E-state index in [1.807, 2.05) is 0 Å². The summed E-state index contributed by atoms with van der Waals surface area (Å²) in [5, 5.41) is 0. The van der Waals surface area contributed by atoms with Gasteiger partial charge in [0.15, 0.2) is 12.6 Å². The second-order valence-electron chi connectivity index (χ2n) is 11.7. The smallest absolute Gasteiger partial charge is 0.264 e. The van der Waals surface area contributed by atoms with E-state index in [0.29, 0.717) is 11.8 Å². The molecule has 5 aliphatic rings. The zero-order valence-electron chi connectivity index (χ0n) is 22.6. The van der Waals surface area contributed by atoms with Crippen LogP contribution in [0.2, 0.25) is 0 Å². The van der Waals surface area contributed by atoms with E-state index in [1.165, 1.54) is 12.8 Å². The summed E-state index contributed by atoms with van der Waals surface area (Å²) in [7, 11) is -3.50. The molecule has 37 heavy (non-hydrogen) atoms. The van der Waals surface area contributed by atoms with Crippen LogP contribution in [0.1, 0.15) is 84.0 Å². The molecule has 5 rings (SSSR count). The molecule has 0 N–H and O–H groups in total. The molecule has 212 valence electrons. The van der Waals surface area contributed by atoms with Crippen molar-refractivity contribution in [2.24, 2.45) is 17.8 Å². The Bertz CT molecular complexity index is 865. The molecule has 0 bridgehead atoms. The molecule has 5 fully saturated rings. The largest absolute Gasteiger partial charge is 0.363 e. The summed E-state index contributed by atoms with van der Waals surface area (Å²) in [6, 6.07) is 0. The standard InChI is InChI=1S/C28H46O8S/c1-3-4-5-10-20(34-25-11-6-8-15-31-25)13-14-21-23-18-28(19-33-37(2,29)30)27(36-28)22(23)17-24(21)35-26-12-7-9-16-32-26/h13-14,20-27H,3-12,15-19H2,1-2H3/b14-13+/t20-,21-,22-,23+,24+,25?,26?,27?,28?/m0/s1. The molecule has 8 nitrogen and oxygen atoms in total. The highest BCUT2D eigenvalue weighted by atomic mass is 32.2. The highest BCUT2D eigenvalue weighted by molar-refractivity contribution is 7.85. The van der Waals surface area contributed by atoms with Gasteiger partial charge < -0.3 is 23.7 Å². The van der Waals surface area contributed by atoms with Gasteiger partial charge in [-0.25, -0.2) is 0 Å². The van der Waals surface area contributed by atoms with Crippen LogP contribution < -0.4 is 0 Å². The lowest BCUT2D eigenvalue weighted by atomic mass is 9.88. The summed E-state index contributed by atoms with van der Waals surface area (Å²) in [5.41, 5.74) is -0.468. The zero-order valence-corrected chi connectivity index (χ0v) is 23.4. The van der Waals surface area contributed by atoms with Gasteiger partial charge in [0.25, 0.3) is 10.1 Å². The predicted molar refractivity (Wildman–Crippen MR) is 138 cm³/mol. The summed E-state index contributed by atoms with van der Waals surface area (Å²) in [6.07, 6.45) is 18.1. The van der Waals surface area contributed by atoms with Crippen molar-refractivity contribution in [3.05, 3.63) is 12.2 Å². The number of unbranched alkanes of at least 4 members (excludes halogenated alkanes) is 2. The molecule has 3 heterocycles. The topological polar surface area (TPSA) is 92.8 Å². The van der Waals surface area contributed by atoms with Crippen molar-refractivity contribution in [1.29, 1.82) is 0 Å². The monoisotopic (exact) mass is 542 g/mol. The first kappa shape index (κ1) is 28.0. The number of hydrogen-bond donors (Lipinski definition) is 0. The maximum absolute atomic E-state index is 11.6. The molecule has 0 aromatic carbocycles. The number of fused-ring (bicyclic) bond motifs is 3. The van der Waals surface area contributed by atoms with Crippen LogP contribution in [0.4, 0.5) is 0 Å². The third-order valence-electron chi connectivity index (χ3n) is 8.86. The van der Waals surface area contributed by atoms with E-state index in [2.05, 4.69) is 19.1 Å². The molecule has 3 saturated heterocycles. The van der Waals surface area contributed by atoms with Gasteiger partial charge in [-0.15, -0.1) is 0 Å². The summed E-state index contributed by atoms with van der Waals surface area (Å²) < 4.78 is 59.4. The quantitative estimate of drug-likeness (QED) is 0.143. The number of ether oxygens (including phenoxy) is 5. The van der Waals surface area contributed by atoms with E-state index in [0.717, 1.165) is 83.7 Å². The van der Waals surface area contributed by atoms with Gasteiger partial charge in [0.05, 0.1) is 31.2 Å². The first-order valence-electron chi connectivity index (χ1n) is 14.6. The molecule has 0 aromatic rings. The molecular formula is C28H46O8S. The van der Waals surface area contributed by atoms with Gasteiger partial charge in [-0.1, -0.05) is 38.3 Å². The van der Waals surface area contributed by atoms with Crippen LogP contribution in [-0.2, 0) is 38.0 Å². The van der Waals surface area contributed by atoms with Crippen molar-refractivity contribution in [1.82, 2.24) is 0 Å². The van der Waals surface area contributed by atoms with E-state index in [1.54, 1.807) is 0 Å². The number of epoxide rings is 1. The normalized spacial score (nSPS) is 40.5.